The first-order chi connectivity index (χ1) is 14.6. The van der Waals surface area contributed by atoms with Crippen LogP contribution < -0.4 is 4.90 Å². The van der Waals surface area contributed by atoms with Gasteiger partial charge in [0.25, 0.3) is 5.91 Å². The van der Waals surface area contributed by atoms with Crippen LogP contribution in [-0.2, 0) is 4.79 Å². The van der Waals surface area contributed by atoms with Crippen LogP contribution in [0.3, 0.4) is 0 Å². The molecule has 5 rings (SSSR count). The number of carbonyl (C=O) groups is 1. The first-order valence-electron chi connectivity index (χ1n) is 9.17. The highest BCUT2D eigenvalue weighted by Crippen LogP contribution is 2.50. The molecule has 1 amide bonds. The van der Waals surface area contributed by atoms with Crippen LogP contribution in [0, 0.1) is 0 Å². The van der Waals surface area contributed by atoms with Crippen LogP contribution in [0.25, 0.3) is 16.3 Å². The van der Waals surface area contributed by atoms with E-state index < -0.39 is 0 Å². The van der Waals surface area contributed by atoms with Gasteiger partial charge in [-0.25, -0.2) is 4.98 Å². The summed E-state index contributed by atoms with van der Waals surface area (Å²) in [6.45, 7) is 0. The highest BCUT2D eigenvalue weighted by Gasteiger charge is 2.40. The fraction of sp³-hybridized carbons (Fsp3) is 0.0435. The fourth-order valence-corrected chi connectivity index (χ4v) is 6.44. The molecule has 1 fully saturated rings. The third kappa shape index (κ3) is 3.87. The lowest BCUT2D eigenvalue weighted by atomic mass is 10.2. The van der Waals surface area contributed by atoms with Crippen molar-refractivity contribution in [3.05, 3.63) is 97.8 Å². The summed E-state index contributed by atoms with van der Waals surface area (Å²) in [5, 5.41) is 0.547. The summed E-state index contributed by atoms with van der Waals surface area (Å²) < 4.78 is 3.04. The maximum absolute atomic E-state index is 13.5. The SMILES string of the molecule is O=C1/C(=C/c2cccc(Br)c2)SC(c2cccc(Br)c2)N1c1nc2ccccc2s1. The van der Waals surface area contributed by atoms with Crippen molar-refractivity contribution in [2.45, 2.75) is 5.37 Å². The number of benzene rings is 3. The minimum Gasteiger partial charge on any atom is -0.268 e. The molecule has 0 saturated carbocycles. The van der Waals surface area contributed by atoms with E-state index in [1.807, 2.05) is 71.6 Å². The molecule has 0 N–H and O–H groups in total. The summed E-state index contributed by atoms with van der Waals surface area (Å²) >= 11 is 10.2. The highest BCUT2D eigenvalue weighted by molar-refractivity contribution is 9.10. The molecule has 1 aliphatic heterocycles. The van der Waals surface area contributed by atoms with Crippen LogP contribution in [0.5, 0.6) is 0 Å². The summed E-state index contributed by atoms with van der Waals surface area (Å²) in [6, 6.07) is 24.0. The Morgan fingerprint density at radius 2 is 1.70 bits per heavy atom. The molecule has 7 heteroatoms. The number of hydrogen-bond acceptors (Lipinski definition) is 4. The van der Waals surface area contributed by atoms with E-state index in [2.05, 4.69) is 44.0 Å². The summed E-state index contributed by atoms with van der Waals surface area (Å²) in [7, 11) is 0. The van der Waals surface area contributed by atoms with Crippen molar-refractivity contribution in [1.82, 2.24) is 4.98 Å². The third-order valence-electron chi connectivity index (χ3n) is 4.67. The van der Waals surface area contributed by atoms with Gasteiger partial charge in [0.2, 0.25) is 0 Å². The Hall–Kier alpha value is -1.93. The monoisotopic (exact) mass is 556 g/mol. The van der Waals surface area contributed by atoms with E-state index in [1.54, 1.807) is 23.1 Å². The van der Waals surface area contributed by atoms with Gasteiger partial charge in [-0.05, 0) is 53.6 Å². The molecule has 0 radical (unpaired) electrons. The van der Waals surface area contributed by atoms with Crippen molar-refractivity contribution in [3.63, 3.8) is 0 Å². The van der Waals surface area contributed by atoms with Gasteiger partial charge in [-0.3, -0.25) is 9.69 Å². The first kappa shape index (κ1) is 20.0. The average Bonchev–Trinajstić information content (AvgIpc) is 3.29. The molecule has 0 spiro atoms. The van der Waals surface area contributed by atoms with Crippen LogP contribution in [0.2, 0.25) is 0 Å². The van der Waals surface area contributed by atoms with Crippen molar-refractivity contribution in [3.8, 4) is 0 Å². The lowest BCUT2D eigenvalue weighted by Crippen LogP contribution is -2.27. The maximum atomic E-state index is 13.5. The molecule has 30 heavy (non-hydrogen) atoms. The van der Waals surface area contributed by atoms with Gasteiger partial charge in [-0.2, -0.15) is 0 Å². The quantitative estimate of drug-likeness (QED) is 0.243. The van der Waals surface area contributed by atoms with Gasteiger partial charge in [-0.15, -0.1) is 0 Å². The van der Waals surface area contributed by atoms with Crippen molar-refractivity contribution >= 4 is 82.3 Å². The number of anilines is 1. The van der Waals surface area contributed by atoms with Crippen molar-refractivity contribution in [2.75, 3.05) is 4.90 Å². The van der Waals surface area contributed by atoms with Gasteiger partial charge >= 0.3 is 0 Å². The van der Waals surface area contributed by atoms with Gasteiger partial charge in [0.15, 0.2) is 5.13 Å². The van der Waals surface area contributed by atoms with Gasteiger partial charge in [0, 0.05) is 8.95 Å². The molecule has 4 aromatic rings. The summed E-state index contributed by atoms with van der Waals surface area (Å²) in [5.74, 6) is -0.0241. The minimum atomic E-state index is -0.172. The predicted octanol–water partition coefficient (Wildman–Crippen LogP) is 7.64. The van der Waals surface area contributed by atoms with E-state index in [4.69, 9.17) is 4.98 Å². The van der Waals surface area contributed by atoms with E-state index in [1.165, 1.54) is 0 Å². The number of thiazole rings is 1. The number of thioether (sulfide) groups is 1. The Morgan fingerprint density at radius 1 is 0.933 bits per heavy atom. The molecule has 3 nitrogen and oxygen atoms in total. The number of aromatic nitrogens is 1. The second-order valence-corrected chi connectivity index (χ2v) is 10.7. The molecule has 1 aliphatic rings. The zero-order valence-electron chi connectivity index (χ0n) is 15.5. The molecule has 1 unspecified atom stereocenters. The summed E-state index contributed by atoms with van der Waals surface area (Å²) in [6.07, 6.45) is 1.95. The summed E-state index contributed by atoms with van der Waals surface area (Å²) in [4.78, 5) is 20.8. The van der Waals surface area contributed by atoms with Gasteiger partial charge < -0.3 is 0 Å². The number of hydrogen-bond donors (Lipinski definition) is 0. The third-order valence-corrected chi connectivity index (χ3v) is 7.95. The second-order valence-electron chi connectivity index (χ2n) is 6.73. The molecule has 1 atom stereocenters. The normalized spacial score (nSPS) is 17.9. The molecule has 0 aliphatic carbocycles. The number of carbonyl (C=O) groups excluding carboxylic acids is 1. The first-order valence-corrected chi connectivity index (χ1v) is 12.5. The molecule has 3 aromatic carbocycles. The Kier molecular flexibility index (Phi) is 5.54. The zero-order valence-corrected chi connectivity index (χ0v) is 20.3. The van der Waals surface area contributed by atoms with Crippen molar-refractivity contribution < 1.29 is 4.79 Å². The van der Waals surface area contributed by atoms with Gasteiger partial charge in [-0.1, -0.05) is 91.4 Å². The smallest absolute Gasteiger partial charge is 0.267 e. The average molecular weight is 558 g/mol. The molecule has 1 aromatic heterocycles. The van der Waals surface area contributed by atoms with E-state index >= 15 is 0 Å². The molecule has 2 heterocycles. The van der Waals surface area contributed by atoms with Crippen LogP contribution in [0.4, 0.5) is 5.13 Å². The van der Waals surface area contributed by atoms with Crippen LogP contribution >= 0.6 is 55.0 Å². The molecule has 0 bridgehead atoms. The number of para-hydroxylation sites is 1. The lowest BCUT2D eigenvalue weighted by Gasteiger charge is -2.21. The van der Waals surface area contributed by atoms with E-state index in [-0.39, 0.29) is 11.3 Å². The van der Waals surface area contributed by atoms with Gasteiger partial charge in [0.05, 0.1) is 15.1 Å². The Balaban J connectivity index is 1.62. The lowest BCUT2D eigenvalue weighted by molar-refractivity contribution is -0.114. The topological polar surface area (TPSA) is 33.2 Å². The molecule has 1 saturated heterocycles. The second kappa shape index (κ2) is 8.30. The fourth-order valence-electron chi connectivity index (χ4n) is 3.32. The van der Waals surface area contributed by atoms with E-state index in [9.17, 15) is 4.79 Å². The number of amides is 1. The highest BCUT2D eigenvalue weighted by atomic mass is 79.9. The predicted molar refractivity (Wildman–Crippen MR) is 134 cm³/mol. The van der Waals surface area contributed by atoms with Crippen LogP contribution in [0.15, 0.2) is 86.6 Å². The van der Waals surface area contributed by atoms with Crippen molar-refractivity contribution in [1.29, 1.82) is 0 Å². The van der Waals surface area contributed by atoms with Gasteiger partial charge in [0.1, 0.15) is 5.37 Å². The zero-order chi connectivity index (χ0) is 20.7. The Morgan fingerprint density at radius 3 is 2.47 bits per heavy atom. The Bertz CT molecular complexity index is 1270. The molecular weight excluding hydrogens is 544 g/mol. The number of rotatable bonds is 3. The largest absolute Gasteiger partial charge is 0.268 e. The maximum Gasteiger partial charge on any atom is 0.267 e. The van der Waals surface area contributed by atoms with Crippen LogP contribution in [0.1, 0.15) is 16.5 Å². The van der Waals surface area contributed by atoms with E-state index in [0.717, 1.165) is 35.4 Å². The number of halogens is 2. The van der Waals surface area contributed by atoms with Crippen LogP contribution in [-0.4, -0.2) is 10.9 Å². The molecule has 148 valence electrons. The summed E-state index contributed by atoms with van der Waals surface area (Å²) in [5.41, 5.74) is 2.95. The van der Waals surface area contributed by atoms with Crippen molar-refractivity contribution in [2.24, 2.45) is 0 Å². The Labute approximate surface area is 199 Å². The van der Waals surface area contributed by atoms with E-state index in [0.29, 0.717) is 4.91 Å². The minimum absolute atomic E-state index is 0.0241. The molecular formula is C23H14Br2N2OS2. The standard InChI is InChI=1S/C23H14Br2N2OS2/c24-16-7-3-5-14(11-16)12-20-21(28)27(22(29-20)15-6-4-8-17(25)13-15)23-26-18-9-1-2-10-19(18)30-23/h1-13,22H/b20-12-. The number of nitrogens with zero attached hydrogens (tertiary/aromatic N) is 2. The number of fused-ring (bicyclic) bond motifs is 1.